The van der Waals surface area contributed by atoms with Crippen LogP contribution in [0, 0.1) is 6.92 Å². The van der Waals surface area contributed by atoms with Crippen LogP contribution >= 0.6 is 11.5 Å². The zero-order chi connectivity index (χ0) is 9.97. The van der Waals surface area contributed by atoms with E-state index in [9.17, 15) is 4.79 Å². The van der Waals surface area contributed by atoms with Crippen molar-refractivity contribution in [1.82, 2.24) is 9.59 Å². The topological polar surface area (TPSA) is 42.9 Å². The molecule has 2 rings (SSSR count). The van der Waals surface area contributed by atoms with Gasteiger partial charge in [-0.25, -0.2) is 0 Å². The van der Waals surface area contributed by atoms with Crippen molar-refractivity contribution in [2.45, 2.75) is 6.92 Å². The lowest BCUT2D eigenvalue weighted by molar-refractivity contribution is 0.112. The third-order valence-electron chi connectivity index (χ3n) is 1.97. The molecule has 0 amide bonds. The van der Waals surface area contributed by atoms with E-state index in [1.807, 2.05) is 19.1 Å². The van der Waals surface area contributed by atoms with Gasteiger partial charge in [0.05, 0.1) is 4.88 Å². The second-order valence-electron chi connectivity index (χ2n) is 2.92. The van der Waals surface area contributed by atoms with Crippen LogP contribution < -0.4 is 0 Å². The summed E-state index contributed by atoms with van der Waals surface area (Å²) in [6, 6.07) is 7.32. The normalized spacial score (nSPS) is 10.1. The number of aromatic nitrogens is 2. The zero-order valence-electron chi connectivity index (χ0n) is 7.60. The van der Waals surface area contributed by atoms with Crippen molar-refractivity contribution in [3.8, 4) is 11.3 Å². The molecule has 0 radical (unpaired) electrons. The smallest absolute Gasteiger partial charge is 0.150 e. The minimum absolute atomic E-state index is 0.676. The number of benzene rings is 1. The van der Waals surface area contributed by atoms with Gasteiger partial charge in [0.15, 0.2) is 0 Å². The number of aldehydes is 1. The Kier molecular flexibility index (Phi) is 2.37. The lowest BCUT2D eigenvalue weighted by Gasteiger charge is -1.97. The van der Waals surface area contributed by atoms with E-state index in [0.29, 0.717) is 5.56 Å². The number of rotatable bonds is 2. The van der Waals surface area contributed by atoms with Gasteiger partial charge in [0.25, 0.3) is 0 Å². The van der Waals surface area contributed by atoms with E-state index in [0.717, 1.165) is 22.4 Å². The summed E-state index contributed by atoms with van der Waals surface area (Å²) in [4.78, 5) is 11.5. The Morgan fingerprint density at radius 1 is 1.29 bits per heavy atom. The van der Waals surface area contributed by atoms with Gasteiger partial charge in [0.1, 0.15) is 12.0 Å². The first kappa shape index (κ1) is 9.02. The standard InChI is InChI=1S/C10H8N2OS/c1-7-10(11-12-14-7)9-4-2-8(6-13)3-5-9/h2-6H,1H3. The number of hydrogen-bond donors (Lipinski definition) is 0. The minimum atomic E-state index is 0.676. The van der Waals surface area contributed by atoms with Crippen molar-refractivity contribution in [2.75, 3.05) is 0 Å². The molecule has 0 atom stereocenters. The zero-order valence-corrected chi connectivity index (χ0v) is 8.41. The Hall–Kier alpha value is -1.55. The predicted molar refractivity (Wildman–Crippen MR) is 55.5 cm³/mol. The van der Waals surface area contributed by atoms with Crippen molar-refractivity contribution < 1.29 is 4.79 Å². The molecule has 1 aromatic heterocycles. The first-order valence-electron chi connectivity index (χ1n) is 4.16. The van der Waals surface area contributed by atoms with Gasteiger partial charge in [0, 0.05) is 11.1 Å². The first-order chi connectivity index (χ1) is 6.81. The quantitative estimate of drug-likeness (QED) is 0.705. The van der Waals surface area contributed by atoms with Crippen LogP contribution in [0.3, 0.4) is 0 Å². The number of carbonyl (C=O) groups is 1. The average Bonchev–Trinajstić information content (AvgIpc) is 2.65. The highest BCUT2D eigenvalue weighted by atomic mass is 32.1. The van der Waals surface area contributed by atoms with Gasteiger partial charge in [-0.1, -0.05) is 28.8 Å². The molecule has 0 fully saturated rings. The van der Waals surface area contributed by atoms with E-state index >= 15 is 0 Å². The lowest BCUT2D eigenvalue weighted by atomic mass is 10.1. The molecule has 1 aromatic carbocycles. The number of carbonyl (C=O) groups excluding carboxylic acids is 1. The Morgan fingerprint density at radius 2 is 2.00 bits per heavy atom. The number of hydrogen-bond acceptors (Lipinski definition) is 4. The van der Waals surface area contributed by atoms with Crippen LogP contribution in [0.5, 0.6) is 0 Å². The largest absolute Gasteiger partial charge is 0.298 e. The summed E-state index contributed by atoms with van der Waals surface area (Å²) in [5.74, 6) is 0. The Morgan fingerprint density at radius 3 is 2.50 bits per heavy atom. The molecule has 14 heavy (non-hydrogen) atoms. The lowest BCUT2D eigenvalue weighted by Crippen LogP contribution is -1.83. The maximum Gasteiger partial charge on any atom is 0.150 e. The summed E-state index contributed by atoms with van der Waals surface area (Å²) in [7, 11) is 0. The fourth-order valence-corrected chi connectivity index (χ4v) is 1.71. The van der Waals surface area contributed by atoms with Crippen molar-refractivity contribution in [2.24, 2.45) is 0 Å². The third kappa shape index (κ3) is 1.56. The molecule has 0 aliphatic rings. The van der Waals surface area contributed by atoms with Gasteiger partial charge < -0.3 is 0 Å². The molecule has 0 aliphatic carbocycles. The van der Waals surface area contributed by atoms with Gasteiger partial charge in [0.2, 0.25) is 0 Å². The van der Waals surface area contributed by atoms with Gasteiger partial charge in [-0.2, -0.15) is 0 Å². The molecule has 70 valence electrons. The Balaban J connectivity index is 2.43. The van der Waals surface area contributed by atoms with Crippen LogP contribution in [0.25, 0.3) is 11.3 Å². The van der Waals surface area contributed by atoms with Crippen LogP contribution in [0.1, 0.15) is 15.2 Å². The maximum absolute atomic E-state index is 10.4. The summed E-state index contributed by atoms with van der Waals surface area (Å²) in [6.07, 6.45) is 0.829. The average molecular weight is 204 g/mol. The number of aryl methyl sites for hydroxylation is 1. The van der Waals surface area contributed by atoms with E-state index in [1.54, 1.807) is 12.1 Å². The van der Waals surface area contributed by atoms with Crippen molar-refractivity contribution in [3.05, 3.63) is 34.7 Å². The highest BCUT2D eigenvalue weighted by Gasteiger charge is 2.05. The van der Waals surface area contributed by atoms with E-state index in [2.05, 4.69) is 9.59 Å². The second kappa shape index (κ2) is 3.67. The molecule has 4 heteroatoms. The van der Waals surface area contributed by atoms with E-state index in [1.165, 1.54) is 11.5 Å². The Bertz CT molecular complexity index is 447. The second-order valence-corrected chi connectivity index (χ2v) is 3.88. The molecule has 0 spiro atoms. The molecule has 0 saturated heterocycles. The van der Waals surface area contributed by atoms with E-state index in [4.69, 9.17) is 0 Å². The molecule has 2 aromatic rings. The summed E-state index contributed by atoms with van der Waals surface area (Å²) >= 11 is 1.38. The molecule has 3 nitrogen and oxygen atoms in total. The van der Waals surface area contributed by atoms with Crippen molar-refractivity contribution >= 4 is 17.8 Å². The SMILES string of the molecule is Cc1snnc1-c1ccc(C=O)cc1. The van der Waals surface area contributed by atoms with Crippen molar-refractivity contribution in [3.63, 3.8) is 0 Å². The molecule has 0 N–H and O–H groups in total. The van der Waals surface area contributed by atoms with Crippen molar-refractivity contribution in [1.29, 1.82) is 0 Å². The first-order valence-corrected chi connectivity index (χ1v) is 4.93. The van der Waals surface area contributed by atoms with E-state index < -0.39 is 0 Å². The highest BCUT2D eigenvalue weighted by Crippen LogP contribution is 2.22. The summed E-state index contributed by atoms with van der Waals surface area (Å²) < 4.78 is 3.86. The molecule has 1 heterocycles. The van der Waals surface area contributed by atoms with Gasteiger partial charge in [-0.3, -0.25) is 4.79 Å². The minimum Gasteiger partial charge on any atom is -0.298 e. The molecular formula is C10H8N2OS. The fraction of sp³-hybridized carbons (Fsp3) is 0.100. The summed E-state index contributed by atoms with van der Waals surface area (Å²) in [6.45, 7) is 1.98. The maximum atomic E-state index is 10.4. The molecular weight excluding hydrogens is 196 g/mol. The monoisotopic (exact) mass is 204 g/mol. The van der Waals surface area contributed by atoms with Gasteiger partial charge >= 0.3 is 0 Å². The van der Waals surface area contributed by atoms with Gasteiger partial charge in [-0.15, -0.1) is 5.10 Å². The van der Waals surface area contributed by atoms with Crippen LogP contribution in [0.2, 0.25) is 0 Å². The molecule has 0 aliphatic heterocycles. The van der Waals surface area contributed by atoms with Crippen LogP contribution in [-0.2, 0) is 0 Å². The van der Waals surface area contributed by atoms with Crippen LogP contribution in [-0.4, -0.2) is 15.9 Å². The predicted octanol–water partition coefficient (Wildman–Crippen LogP) is 2.33. The third-order valence-corrected chi connectivity index (χ3v) is 2.60. The van der Waals surface area contributed by atoms with Crippen LogP contribution in [0.15, 0.2) is 24.3 Å². The highest BCUT2D eigenvalue weighted by molar-refractivity contribution is 7.05. The van der Waals surface area contributed by atoms with Crippen LogP contribution in [0.4, 0.5) is 0 Å². The summed E-state index contributed by atoms with van der Waals surface area (Å²) in [5, 5.41) is 4.02. The molecule has 0 saturated carbocycles. The Labute approximate surface area is 85.6 Å². The van der Waals surface area contributed by atoms with Gasteiger partial charge in [-0.05, 0) is 18.5 Å². The molecule has 0 unspecified atom stereocenters. The summed E-state index contributed by atoms with van der Waals surface area (Å²) in [5.41, 5.74) is 2.57. The number of nitrogens with zero attached hydrogens (tertiary/aromatic N) is 2. The van der Waals surface area contributed by atoms with E-state index in [-0.39, 0.29) is 0 Å². The fourth-order valence-electron chi connectivity index (χ4n) is 1.22. The molecule has 0 bridgehead atoms.